The molecular formula is C20H12N2O2. The Kier molecular flexibility index (Phi) is 2.48. The first kappa shape index (κ1) is 13.1. The minimum Gasteiger partial charge on any atom is -0.354 e. The quantitative estimate of drug-likeness (QED) is 0.338. The highest BCUT2D eigenvalue weighted by Gasteiger charge is 2.13. The van der Waals surface area contributed by atoms with Crippen LogP contribution in [0.2, 0.25) is 0 Å². The minimum absolute atomic E-state index is 0.120. The van der Waals surface area contributed by atoms with E-state index >= 15 is 0 Å². The minimum atomic E-state index is -0.120. The van der Waals surface area contributed by atoms with Crippen LogP contribution in [0.3, 0.4) is 0 Å². The van der Waals surface area contributed by atoms with Crippen molar-refractivity contribution in [2.24, 2.45) is 0 Å². The van der Waals surface area contributed by atoms with Gasteiger partial charge < -0.3 is 9.97 Å². The molecular weight excluding hydrogens is 300 g/mol. The van der Waals surface area contributed by atoms with Gasteiger partial charge in [-0.2, -0.15) is 0 Å². The molecule has 0 unspecified atom stereocenters. The summed E-state index contributed by atoms with van der Waals surface area (Å²) in [4.78, 5) is 32.6. The first-order valence-electron chi connectivity index (χ1n) is 7.72. The van der Waals surface area contributed by atoms with E-state index in [4.69, 9.17) is 0 Å². The lowest BCUT2D eigenvalue weighted by atomic mass is 10.0. The Labute approximate surface area is 135 Å². The summed E-state index contributed by atoms with van der Waals surface area (Å²) in [5, 5.41) is 2.06. The first-order chi connectivity index (χ1) is 11.7. The van der Waals surface area contributed by atoms with Gasteiger partial charge in [-0.3, -0.25) is 9.59 Å². The molecule has 2 N–H and O–H groups in total. The summed E-state index contributed by atoms with van der Waals surface area (Å²) < 4.78 is 0. The Balaban J connectivity index is 2.15. The van der Waals surface area contributed by atoms with Gasteiger partial charge in [-0.15, -0.1) is 0 Å². The molecule has 0 atom stereocenters. The summed E-state index contributed by atoms with van der Waals surface area (Å²) in [5.41, 5.74) is 2.65. The molecule has 0 radical (unpaired) electrons. The molecule has 5 aromatic rings. The van der Waals surface area contributed by atoms with Gasteiger partial charge in [0.1, 0.15) is 0 Å². The van der Waals surface area contributed by atoms with Gasteiger partial charge in [-0.25, -0.2) is 0 Å². The van der Waals surface area contributed by atoms with Crippen molar-refractivity contribution in [2.75, 3.05) is 0 Å². The molecule has 2 aromatic heterocycles. The Morgan fingerprint density at radius 1 is 0.500 bits per heavy atom. The molecule has 0 aliphatic rings. The van der Waals surface area contributed by atoms with E-state index in [1.807, 2.05) is 48.5 Å². The number of benzene rings is 3. The van der Waals surface area contributed by atoms with E-state index in [2.05, 4.69) is 9.97 Å². The maximum absolute atomic E-state index is 13.0. The third-order valence-corrected chi connectivity index (χ3v) is 4.54. The van der Waals surface area contributed by atoms with Gasteiger partial charge in [-0.1, -0.05) is 24.3 Å². The van der Waals surface area contributed by atoms with Gasteiger partial charge in [0.2, 0.25) is 0 Å². The lowest BCUT2D eigenvalue weighted by Crippen LogP contribution is -2.11. The number of hydrogen-bond donors (Lipinski definition) is 2. The topological polar surface area (TPSA) is 65.7 Å². The molecule has 0 bridgehead atoms. The van der Waals surface area contributed by atoms with Crippen LogP contribution in [-0.2, 0) is 0 Å². The van der Waals surface area contributed by atoms with Crippen molar-refractivity contribution in [3.8, 4) is 0 Å². The van der Waals surface area contributed by atoms with Crippen LogP contribution in [0.5, 0.6) is 0 Å². The number of aromatic nitrogens is 2. The van der Waals surface area contributed by atoms with Crippen molar-refractivity contribution in [3.63, 3.8) is 0 Å². The number of rotatable bonds is 0. The van der Waals surface area contributed by atoms with E-state index in [9.17, 15) is 9.59 Å². The second-order valence-corrected chi connectivity index (χ2v) is 5.91. The Hall–Kier alpha value is -3.40. The normalized spacial score (nSPS) is 11.7. The molecule has 0 spiro atoms. The molecule has 0 saturated carbocycles. The number of aromatic amines is 2. The molecule has 3 aromatic carbocycles. The second-order valence-electron chi connectivity index (χ2n) is 5.91. The monoisotopic (exact) mass is 312 g/mol. The van der Waals surface area contributed by atoms with E-state index < -0.39 is 0 Å². The summed E-state index contributed by atoms with van der Waals surface area (Å²) in [6.07, 6.45) is 0. The molecule has 5 rings (SSSR count). The SMILES string of the molecule is O=c1c2ccccc2[nH]c2ccc3[nH]c4ccccc4c(=O)c3c12. The first-order valence-corrected chi connectivity index (χ1v) is 7.72. The van der Waals surface area contributed by atoms with Crippen LogP contribution in [-0.4, -0.2) is 9.97 Å². The fourth-order valence-electron chi connectivity index (χ4n) is 3.42. The van der Waals surface area contributed by atoms with E-state index in [1.54, 1.807) is 12.1 Å². The number of H-pyrrole nitrogens is 2. The van der Waals surface area contributed by atoms with Gasteiger partial charge in [0, 0.05) is 21.8 Å². The highest BCUT2D eigenvalue weighted by molar-refractivity contribution is 6.10. The van der Waals surface area contributed by atoms with Crippen LogP contribution >= 0.6 is 0 Å². The Morgan fingerprint density at radius 3 is 1.38 bits per heavy atom. The molecule has 0 amide bonds. The predicted molar refractivity (Wildman–Crippen MR) is 97.7 cm³/mol. The maximum atomic E-state index is 13.0. The number of pyridine rings is 2. The largest absolute Gasteiger partial charge is 0.354 e. The molecule has 24 heavy (non-hydrogen) atoms. The lowest BCUT2D eigenvalue weighted by Gasteiger charge is -2.07. The summed E-state index contributed by atoms with van der Waals surface area (Å²) >= 11 is 0. The van der Waals surface area contributed by atoms with Gasteiger partial charge >= 0.3 is 0 Å². The number of para-hydroxylation sites is 2. The van der Waals surface area contributed by atoms with E-state index in [-0.39, 0.29) is 10.9 Å². The molecule has 114 valence electrons. The van der Waals surface area contributed by atoms with Crippen LogP contribution in [0.4, 0.5) is 0 Å². The molecule has 0 saturated heterocycles. The summed E-state index contributed by atoms with van der Waals surface area (Å²) in [6, 6.07) is 18.4. The standard InChI is InChI=1S/C20H12N2O2/c23-19-11-5-1-3-7-13(11)21-15-9-10-16-18(17(15)19)20(24)12-6-2-4-8-14(12)22-16/h1-10H,(H,21,23)(H,22,24). The van der Waals surface area contributed by atoms with Crippen molar-refractivity contribution in [1.29, 1.82) is 0 Å². The zero-order valence-corrected chi connectivity index (χ0v) is 12.6. The van der Waals surface area contributed by atoms with E-state index in [0.29, 0.717) is 32.6 Å². The predicted octanol–water partition coefficient (Wildman–Crippen LogP) is 3.68. The zero-order chi connectivity index (χ0) is 16.3. The smallest absolute Gasteiger partial charge is 0.198 e. The van der Waals surface area contributed by atoms with Gasteiger partial charge in [0.15, 0.2) is 10.9 Å². The van der Waals surface area contributed by atoms with Crippen LogP contribution in [0.15, 0.2) is 70.3 Å². The van der Waals surface area contributed by atoms with Crippen LogP contribution in [0.25, 0.3) is 43.6 Å². The third-order valence-electron chi connectivity index (χ3n) is 4.54. The van der Waals surface area contributed by atoms with Crippen molar-refractivity contribution < 1.29 is 0 Å². The van der Waals surface area contributed by atoms with Crippen LogP contribution in [0, 0.1) is 0 Å². The third kappa shape index (κ3) is 1.62. The second kappa shape index (κ2) is 4.55. The molecule has 0 aliphatic carbocycles. The summed E-state index contributed by atoms with van der Waals surface area (Å²) in [5.74, 6) is 0. The van der Waals surface area contributed by atoms with Crippen LogP contribution in [0.1, 0.15) is 0 Å². The van der Waals surface area contributed by atoms with Crippen molar-refractivity contribution >= 4 is 43.6 Å². The van der Waals surface area contributed by atoms with Crippen molar-refractivity contribution in [3.05, 3.63) is 81.1 Å². The molecule has 4 nitrogen and oxygen atoms in total. The fourth-order valence-corrected chi connectivity index (χ4v) is 3.42. The zero-order valence-electron chi connectivity index (χ0n) is 12.6. The highest BCUT2D eigenvalue weighted by atomic mass is 16.1. The highest BCUT2D eigenvalue weighted by Crippen LogP contribution is 2.22. The molecule has 2 heterocycles. The van der Waals surface area contributed by atoms with Crippen LogP contribution < -0.4 is 10.9 Å². The summed E-state index contributed by atoms with van der Waals surface area (Å²) in [7, 11) is 0. The fraction of sp³-hybridized carbons (Fsp3) is 0. The Bertz CT molecular complexity index is 1290. The molecule has 0 aliphatic heterocycles. The molecule has 0 fully saturated rings. The average Bonchev–Trinajstić information content (AvgIpc) is 2.62. The molecule has 4 heteroatoms. The van der Waals surface area contributed by atoms with Crippen molar-refractivity contribution in [2.45, 2.75) is 0 Å². The number of nitrogens with one attached hydrogen (secondary N) is 2. The Morgan fingerprint density at radius 2 is 0.917 bits per heavy atom. The maximum Gasteiger partial charge on any atom is 0.198 e. The lowest BCUT2D eigenvalue weighted by molar-refractivity contribution is 1.46. The summed E-state index contributed by atoms with van der Waals surface area (Å²) in [6.45, 7) is 0. The average molecular weight is 312 g/mol. The van der Waals surface area contributed by atoms with Gasteiger partial charge in [-0.05, 0) is 36.4 Å². The van der Waals surface area contributed by atoms with E-state index in [1.165, 1.54) is 0 Å². The van der Waals surface area contributed by atoms with E-state index in [0.717, 1.165) is 11.0 Å². The van der Waals surface area contributed by atoms with Gasteiger partial charge in [0.25, 0.3) is 0 Å². The number of fused-ring (bicyclic) bond motifs is 5. The number of hydrogen-bond acceptors (Lipinski definition) is 2. The van der Waals surface area contributed by atoms with Crippen molar-refractivity contribution in [1.82, 2.24) is 9.97 Å². The van der Waals surface area contributed by atoms with Gasteiger partial charge in [0.05, 0.1) is 21.8 Å².